The van der Waals surface area contributed by atoms with Crippen LogP contribution in [0.15, 0.2) is 76.3 Å². The second kappa shape index (κ2) is 9.24. The molecule has 1 aliphatic rings. The molecule has 0 unspecified atom stereocenters. The Hall–Kier alpha value is -3.26. The number of hydrogen-bond acceptors (Lipinski definition) is 5. The number of anilines is 3. The van der Waals surface area contributed by atoms with E-state index in [9.17, 15) is 13.2 Å². The second-order valence-corrected chi connectivity index (χ2v) is 12.3. The van der Waals surface area contributed by atoms with Gasteiger partial charge in [-0.15, -0.1) is 0 Å². The molecule has 0 spiro atoms. The van der Waals surface area contributed by atoms with Gasteiger partial charge in [-0.25, -0.2) is 0 Å². The lowest BCUT2D eigenvalue weighted by Gasteiger charge is -2.35. The number of pyridine rings is 1. The van der Waals surface area contributed by atoms with Gasteiger partial charge in [0.2, 0.25) is 0 Å². The van der Waals surface area contributed by atoms with Crippen molar-refractivity contribution in [1.29, 1.82) is 5.41 Å². The molecule has 0 atom stereocenters. The smallest absolute Gasteiger partial charge is 0.395 e. The summed E-state index contributed by atoms with van der Waals surface area (Å²) in [5.74, 6) is 0. The third kappa shape index (κ3) is 5.54. The van der Waals surface area contributed by atoms with Gasteiger partial charge >= 0.3 is 6.18 Å². The minimum atomic E-state index is -4.71. The van der Waals surface area contributed by atoms with Crippen LogP contribution in [0.1, 0.15) is 58.4 Å². The first kappa shape index (κ1) is 26.8. The summed E-state index contributed by atoms with van der Waals surface area (Å²) in [6, 6.07) is 16.2. The third-order valence-corrected chi connectivity index (χ3v) is 7.35. The van der Waals surface area contributed by atoms with Crippen molar-refractivity contribution >= 4 is 34.5 Å². The molecule has 3 aromatic rings. The lowest BCUT2D eigenvalue weighted by Crippen LogP contribution is -2.21. The molecule has 1 aliphatic heterocycles. The predicted octanol–water partition coefficient (Wildman–Crippen LogP) is 8.38. The zero-order valence-electron chi connectivity index (χ0n) is 21.8. The summed E-state index contributed by atoms with van der Waals surface area (Å²) < 4.78 is 38.8. The minimum Gasteiger partial charge on any atom is -0.395 e. The number of allylic oxidation sites excluding steroid dienone is 2. The fourth-order valence-electron chi connectivity index (χ4n) is 4.04. The highest BCUT2D eigenvalue weighted by molar-refractivity contribution is 7.99. The fraction of sp³-hybridized carbons (Fsp3) is 0.310. The lowest BCUT2D eigenvalue weighted by molar-refractivity contribution is -0.0925. The van der Waals surface area contributed by atoms with Gasteiger partial charge in [0.15, 0.2) is 0 Å². The van der Waals surface area contributed by atoms with Crippen LogP contribution in [0.2, 0.25) is 0 Å². The number of aromatic nitrogens is 1. The molecule has 0 saturated carbocycles. The Labute approximate surface area is 220 Å². The molecule has 3 N–H and O–H groups in total. The van der Waals surface area contributed by atoms with E-state index < -0.39 is 17.6 Å². The molecule has 0 fully saturated rings. The molecule has 0 radical (unpaired) electrons. The second-order valence-electron chi connectivity index (χ2n) is 11.2. The average Bonchev–Trinajstić information content (AvgIpc) is 2.80. The van der Waals surface area contributed by atoms with Gasteiger partial charge < -0.3 is 10.6 Å². The van der Waals surface area contributed by atoms with Crippen molar-refractivity contribution in [3.8, 4) is 0 Å². The Bertz CT molecular complexity index is 1330. The highest BCUT2D eigenvalue weighted by atomic mass is 32.2. The van der Waals surface area contributed by atoms with Crippen molar-refractivity contribution in [2.45, 2.75) is 68.3 Å². The van der Waals surface area contributed by atoms with E-state index in [1.807, 2.05) is 0 Å². The van der Waals surface area contributed by atoms with Gasteiger partial charge in [0, 0.05) is 21.7 Å². The molecule has 4 nitrogen and oxygen atoms in total. The van der Waals surface area contributed by atoms with Crippen LogP contribution in [-0.2, 0) is 10.8 Å². The number of benzene rings is 2. The first-order chi connectivity index (χ1) is 17.1. The Kier molecular flexibility index (Phi) is 6.69. The van der Waals surface area contributed by atoms with Crippen LogP contribution in [0.5, 0.6) is 0 Å². The molecule has 0 aliphatic carbocycles. The molecular weight excluding hydrogens is 493 g/mol. The molecule has 8 heteroatoms. The van der Waals surface area contributed by atoms with Crippen LogP contribution in [-0.4, -0.2) is 16.9 Å². The standard InChI is InChI=1S/C29H31F3N4S/c1-27(2,3)17-7-9-22-24(13-17)37-25-14-18(28(4,5)6)8-10-23(25)36(22)19-11-12-35-21(15-19)20(33)16-26(34)29(30,31)32/h7-16,33H,34H2,1-6H3. The van der Waals surface area contributed by atoms with E-state index in [0.717, 1.165) is 21.2 Å². The Morgan fingerprint density at radius 1 is 0.865 bits per heavy atom. The third-order valence-electron chi connectivity index (χ3n) is 6.26. The maximum absolute atomic E-state index is 12.9. The number of nitrogens with zero attached hydrogens (tertiary/aromatic N) is 2. The highest BCUT2D eigenvalue weighted by Gasteiger charge is 2.32. The van der Waals surface area contributed by atoms with Gasteiger partial charge in [0.25, 0.3) is 0 Å². The van der Waals surface area contributed by atoms with E-state index in [1.54, 1.807) is 23.9 Å². The summed E-state index contributed by atoms with van der Waals surface area (Å²) in [5.41, 5.74) is 8.48. The zero-order chi connectivity index (χ0) is 27.3. The molecule has 0 bridgehead atoms. The topological polar surface area (TPSA) is 66.0 Å². The number of alkyl halides is 3. The Morgan fingerprint density at radius 2 is 1.38 bits per heavy atom. The fourth-order valence-corrected chi connectivity index (χ4v) is 5.17. The maximum Gasteiger partial charge on any atom is 0.430 e. The normalized spacial score (nSPS) is 14.3. The van der Waals surface area contributed by atoms with Crippen molar-refractivity contribution in [1.82, 2.24) is 4.98 Å². The maximum atomic E-state index is 12.9. The van der Waals surface area contributed by atoms with Gasteiger partial charge in [-0.2, -0.15) is 13.2 Å². The highest BCUT2D eigenvalue weighted by Crippen LogP contribution is 2.53. The van der Waals surface area contributed by atoms with Crippen molar-refractivity contribution in [3.05, 3.63) is 83.3 Å². The molecule has 0 amide bonds. The SMILES string of the molecule is CC(C)(C)c1ccc2c(c1)Sc1cc(C(C)(C)C)ccc1N2c1ccnc(C(=N)C=C(N)C(F)(F)F)c1. The van der Waals surface area contributed by atoms with E-state index >= 15 is 0 Å². The zero-order valence-corrected chi connectivity index (χ0v) is 22.6. The van der Waals surface area contributed by atoms with Crippen LogP contribution < -0.4 is 10.6 Å². The minimum absolute atomic E-state index is 0.0301. The Morgan fingerprint density at radius 3 is 1.84 bits per heavy atom. The van der Waals surface area contributed by atoms with Crippen LogP contribution >= 0.6 is 11.8 Å². The van der Waals surface area contributed by atoms with Gasteiger partial charge in [0.1, 0.15) is 5.70 Å². The molecule has 0 saturated heterocycles. The molecule has 37 heavy (non-hydrogen) atoms. The number of nitrogens with two attached hydrogens (primary N) is 1. The summed E-state index contributed by atoms with van der Waals surface area (Å²) in [7, 11) is 0. The van der Waals surface area contributed by atoms with E-state index in [1.165, 1.54) is 17.3 Å². The van der Waals surface area contributed by atoms with Crippen molar-refractivity contribution in [2.75, 3.05) is 4.90 Å². The van der Waals surface area contributed by atoms with Crippen LogP contribution in [0, 0.1) is 5.41 Å². The van der Waals surface area contributed by atoms with Crippen molar-refractivity contribution < 1.29 is 13.2 Å². The number of hydrogen-bond donors (Lipinski definition) is 2. The number of nitrogens with one attached hydrogen (secondary N) is 1. The molecule has 194 valence electrons. The summed E-state index contributed by atoms with van der Waals surface area (Å²) in [6.45, 7) is 13.0. The monoisotopic (exact) mass is 524 g/mol. The average molecular weight is 525 g/mol. The van der Waals surface area contributed by atoms with E-state index in [2.05, 4.69) is 87.8 Å². The first-order valence-electron chi connectivity index (χ1n) is 11.9. The quantitative estimate of drug-likeness (QED) is 0.264. The molecule has 2 heterocycles. The number of fused-ring (bicyclic) bond motifs is 2. The Balaban J connectivity index is 1.87. The van der Waals surface area contributed by atoms with Gasteiger partial charge in [0.05, 0.1) is 22.8 Å². The largest absolute Gasteiger partial charge is 0.430 e. The summed E-state index contributed by atoms with van der Waals surface area (Å²) in [4.78, 5) is 8.40. The van der Waals surface area contributed by atoms with Gasteiger partial charge in [-0.1, -0.05) is 65.4 Å². The van der Waals surface area contributed by atoms with Gasteiger partial charge in [-0.05, 0) is 64.4 Å². The lowest BCUT2D eigenvalue weighted by atomic mass is 9.86. The van der Waals surface area contributed by atoms with Gasteiger partial charge in [-0.3, -0.25) is 10.4 Å². The number of halogens is 3. The first-order valence-corrected chi connectivity index (χ1v) is 12.7. The molecule has 4 rings (SSSR count). The van der Waals surface area contributed by atoms with E-state index in [-0.39, 0.29) is 16.5 Å². The number of rotatable bonds is 3. The van der Waals surface area contributed by atoms with Crippen LogP contribution in [0.4, 0.5) is 30.2 Å². The van der Waals surface area contributed by atoms with E-state index in [4.69, 9.17) is 11.1 Å². The van der Waals surface area contributed by atoms with Crippen molar-refractivity contribution in [3.63, 3.8) is 0 Å². The molecule has 2 aromatic carbocycles. The predicted molar refractivity (Wildman–Crippen MR) is 146 cm³/mol. The van der Waals surface area contributed by atoms with Crippen LogP contribution in [0.25, 0.3) is 0 Å². The summed E-state index contributed by atoms with van der Waals surface area (Å²) >= 11 is 1.71. The van der Waals surface area contributed by atoms with Crippen molar-refractivity contribution in [2.24, 2.45) is 5.73 Å². The molecular formula is C29H31F3N4S. The summed E-state index contributed by atoms with van der Waals surface area (Å²) in [5, 5.41) is 8.19. The van der Waals surface area contributed by atoms with E-state index in [0.29, 0.717) is 11.8 Å². The summed E-state index contributed by atoms with van der Waals surface area (Å²) in [6.07, 6.45) is -2.60. The van der Waals surface area contributed by atoms with Crippen LogP contribution in [0.3, 0.4) is 0 Å². The molecule has 1 aromatic heterocycles.